The van der Waals surface area contributed by atoms with E-state index >= 15 is 0 Å². The van der Waals surface area contributed by atoms with Gasteiger partial charge < -0.3 is 9.84 Å². The van der Waals surface area contributed by atoms with Crippen LogP contribution >= 0.6 is 11.3 Å². The Bertz CT molecular complexity index is 608. The summed E-state index contributed by atoms with van der Waals surface area (Å²) in [6.45, 7) is 5.35. The number of rotatable bonds is 4. The molecule has 0 fully saturated rings. The number of aliphatic hydroxyl groups is 1. The number of halogens is 2. The summed E-state index contributed by atoms with van der Waals surface area (Å²) < 4.78 is 32.8. The molecule has 0 saturated carbocycles. The summed E-state index contributed by atoms with van der Waals surface area (Å²) in [6, 6.07) is 3.70. The third kappa shape index (κ3) is 2.99. The first-order chi connectivity index (χ1) is 9.40. The Hall–Kier alpha value is -1.46. The lowest BCUT2D eigenvalue weighted by molar-refractivity contribution is 0.194. The Morgan fingerprint density at radius 1 is 1.25 bits per heavy atom. The Morgan fingerprint density at radius 3 is 2.50 bits per heavy atom. The maximum absolute atomic E-state index is 14.1. The van der Waals surface area contributed by atoms with Gasteiger partial charge in [-0.15, -0.1) is 11.3 Å². The quantitative estimate of drug-likeness (QED) is 0.916. The largest absolute Gasteiger partial charge is 0.490 e. The van der Waals surface area contributed by atoms with E-state index in [9.17, 15) is 13.9 Å². The van der Waals surface area contributed by atoms with E-state index in [2.05, 4.69) is 0 Å². The van der Waals surface area contributed by atoms with Crippen molar-refractivity contribution in [3.63, 3.8) is 0 Å². The van der Waals surface area contributed by atoms with Crippen molar-refractivity contribution >= 4 is 11.3 Å². The van der Waals surface area contributed by atoms with Crippen molar-refractivity contribution in [2.24, 2.45) is 0 Å². The topological polar surface area (TPSA) is 29.5 Å². The first-order valence-corrected chi connectivity index (χ1v) is 7.15. The van der Waals surface area contributed by atoms with E-state index in [4.69, 9.17) is 4.74 Å². The van der Waals surface area contributed by atoms with Crippen LogP contribution in [-0.4, -0.2) is 11.2 Å². The van der Waals surface area contributed by atoms with E-state index in [1.807, 2.05) is 18.4 Å². The molecular formula is C15H16F2O2S. The van der Waals surface area contributed by atoms with E-state index < -0.39 is 17.7 Å². The van der Waals surface area contributed by atoms with Crippen LogP contribution in [0.1, 0.15) is 36.0 Å². The second-order valence-electron chi connectivity index (χ2n) is 4.84. The maximum atomic E-state index is 14.1. The van der Waals surface area contributed by atoms with Gasteiger partial charge in [-0.2, -0.15) is 0 Å². The molecule has 0 bridgehead atoms. The molecule has 5 heteroatoms. The first kappa shape index (κ1) is 14.9. The zero-order valence-electron chi connectivity index (χ0n) is 11.5. The van der Waals surface area contributed by atoms with Crippen LogP contribution < -0.4 is 4.74 Å². The lowest BCUT2D eigenvalue weighted by Crippen LogP contribution is -2.12. The molecule has 0 radical (unpaired) electrons. The van der Waals surface area contributed by atoms with Crippen LogP contribution in [0.4, 0.5) is 8.78 Å². The van der Waals surface area contributed by atoms with Gasteiger partial charge in [0.2, 0.25) is 0 Å². The molecule has 20 heavy (non-hydrogen) atoms. The lowest BCUT2D eigenvalue weighted by Gasteiger charge is -2.19. The van der Waals surface area contributed by atoms with Gasteiger partial charge >= 0.3 is 0 Å². The molecule has 108 valence electrons. The minimum absolute atomic E-state index is 0.0225. The monoisotopic (exact) mass is 298 g/mol. The Balaban J connectivity index is 2.52. The summed E-state index contributed by atoms with van der Waals surface area (Å²) in [5, 5.41) is 12.2. The molecule has 0 aliphatic heterocycles. The van der Waals surface area contributed by atoms with E-state index in [0.717, 1.165) is 17.7 Å². The summed E-state index contributed by atoms with van der Waals surface area (Å²) in [5.74, 6) is -1.49. The highest BCUT2D eigenvalue weighted by molar-refractivity contribution is 7.10. The van der Waals surface area contributed by atoms with Crippen LogP contribution in [0.5, 0.6) is 5.75 Å². The Labute approximate surface area is 120 Å². The third-order valence-corrected chi connectivity index (χ3v) is 3.91. The Morgan fingerprint density at radius 2 is 1.95 bits per heavy atom. The van der Waals surface area contributed by atoms with Gasteiger partial charge in [0, 0.05) is 17.0 Å². The highest BCUT2D eigenvalue weighted by Gasteiger charge is 2.24. The SMILES string of the molecule is Cc1ccsc1C(O)c1c(F)cc(F)cc1OC(C)C. The molecule has 1 aromatic carbocycles. The summed E-state index contributed by atoms with van der Waals surface area (Å²) >= 11 is 1.33. The third-order valence-electron chi connectivity index (χ3n) is 2.84. The predicted molar refractivity (Wildman–Crippen MR) is 75.2 cm³/mol. The van der Waals surface area contributed by atoms with E-state index in [1.165, 1.54) is 11.3 Å². The fourth-order valence-electron chi connectivity index (χ4n) is 1.97. The van der Waals surface area contributed by atoms with Crippen LogP contribution in [0.25, 0.3) is 0 Å². The fraction of sp³-hybridized carbons (Fsp3) is 0.333. The van der Waals surface area contributed by atoms with E-state index in [1.54, 1.807) is 13.8 Å². The van der Waals surface area contributed by atoms with Crippen LogP contribution in [0.2, 0.25) is 0 Å². The number of hydrogen-bond acceptors (Lipinski definition) is 3. The number of ether oxygens (including phenoxy) is 1. The van der Waals surface area contributed by atoms with Crippen LogP contribution in [-0.2, 0) is 0 Å². The first-order valence-electron chi connectivity index (χ1n) is 6.27. The lowest BCUT2D eigenvalue weighted by atomic mass is 10.0. The molecule has 2 rings (SSSR count). The van der Waals surface area contributed by atoms with Crippen molar-refractivity contribution in [2.45, 2.75) is 33.0 Å². The molecule has 1 atom stereocenters. The van der Waals surface area contributed by atoms with Crippen LogP contribution in [0.3, 0.4) is 0 Å². The molecule has 2 aromatic rings. The molecule has 2 nitrogen and oxygen atoms in total. The molecular weight excluding hydrogens is 282 g/mol. The smallest absolute Gasteiger partial charge is 0.136 e. The van der Waals surface area contributed by atoms with Crippen molar-refractivity contribution in [3.8, 4) is 5.75 Å². The van der Waals surface area contributed by atoms with Gasteiger partial charge in [0.05, 0.1) is 11.7 Å². The highest BCUT2D eigenvalue weighted by Crippen LogP contribution is 2.37. The molecule has 0 spiro atoms. The number of benzene rings is 1. The molecule has 0 aliphatic rings. The van der Waals surface area contributed by atoms with Gasteiger partial charge in [0.15, 0.2) is 0 Å². The average Bonchev–Trinajstić information content (AvgIpc) is 2.73. The van der Waals surface area contributed by atoms with Gasteiger partial charge in [-0.1, -0.05) is 0 Å². The summed E-state index contributed by atoms with van der Waals surface area (Å²) in [6.07, 6.45) is -1.41. The zero-order valence-corrected chi connectivity index (χ0v) is 12.3. The molecule has 0 saturated heterocycles. The van der Waals surface area contributed by atoms with Gasteiger partial charge in [-0.25, -0.2) is 8.78 Å². The highest BCUT2D eigenvalue weighted by atomic mass is 32.1. The number of aryl methyl sites for hydroxylation is 1. The minimum atomic E-state index is -1.16. The normalized spacial score (nSPS) is 12.8. The van der Waals surface area contributed by atoms with E-state index in [-0.39, 0.29) is 17.4 Å². The second-order valence-corrected chi connectivity index (χ2v) is 5.78. The number of aliphatic hydroxyl groups excluding tert-OH is 1. The summed E-state index contributed by atoms with van der Waals surface area (Å²) in [4.78, 5) is 0.629. The maximum Gasteiger partial charge on any atom is 0.136 e. The minimum Gasteiger partial charge on any atom is -0.490 e. The molecule has 0 amide bonds. The van der Waals surface area contributed by atoms with Gasteiger partial charge in [0.1, 0.15) is 23.5 Å². The van der Waals surface area contributed by atoms with Crippen molar-refractivity contribution in [1.82, 2.24) is 0 Å². The number of hydrogen-bond donors (Lipinski definition) is 1. The van der Waals surface area contributed by atoms with Gasteiger partial charge in [0.25, 0.3) is 0 Å². The van der Waals surface area contributed by atoms with E-state index in [0.29, 0.717) is 4.88 Å². The summed E-state index contributed by atoms with van der Waals surface area (Å²) in [5.41, 5.74) is 0.840. The van der Waals surface area contributed by atoms with Crippen molar-refractivity contribution < 1.29 is 18.6 Å². The molecule has 1 aromatic heterocycles. The Kier molecular flexibility index (Phi) is 4.40. The zero-order chi connectivity index (χ0) is 14.9. The number of thiophene rings is 1. The molecule has 0 aliphatic carbocycles. The van der Waals surface area contributed by atoms with Gasteiger partial charge in [-0.05, 0) is 37.8 Å². The van der Waals surface area contributed by atoms with Crippen molar-refractivity contribution in [1.29, 1.82) is 0 Å². The van der Waals surface area contributed by atoms with Crippen LogP contribution in [0, 0.1) is 18.6 Å². The molecule has 1 heterocycles. The second kappa shape index (κ2) is 5.89. The molecule has 1 unspecified atom stereocenters. The average molecular weight is 298 g/mol. The van der Waals surface area contributed by atoms with Crippen molar-refractivity contribution in [2.75, 3.05) is 0 Å². The van der Waals surface area contributed by atoms with Crippen LogP contribution in [0.15, 0.2) is 23.6 Å². The molecule has 1 N–H and O–H groups in total. The van der Waals surface area contributed by atoms with Crippen molar-refractivity contribution in [3.05, 3.63) is 51.2 Å². The standard InChI is InChI=1S/C15H16F2O2S/c1-8(2)19-12-7-10(16)6-11(17)13(12)14(18)15-9(3)4-5-20-15/h4-8,14,18H,1-3H3. The summed E-state index contributed by atoms with van der Waals surface area (Å²) in [7, 11) is 0. The van der Waals surface area contributed by atoms with Gasteiger partial charge in [-0.3, -0.25) is 0 Å². The predicted octanol–water partition coefficient (Wildman–Crippen LogP) is 4.20. The fourth-order valence-corrected chi connectivity index (χ4v) is 2.89.